The summed E-state index contributed by atoms with van der Waals surface area (Å²) < 4.78 is 5.52. The van der Waals surface area contributed by atoms with E-state index in [-0.39, 0.29) is 36.2 Å². The molecular weight excluding hydrogens is 420 g/mol. The van der Waals surface area contributed by atoms with Crippen LogP contribution in [-0.4, -0.2) is 54.2 Å². The number of piperidine rings is 1. The van der Waals surface area contributed by atoms with Gasteiger partial charge >= 0.3 is 12.1 Å². The summed E-state index contributed by atoms with van der Waals surface area (Å²) in [5.74, 6) is -0.630. The Kier molecular flexibility index (Phi) is 5.79. The number of carbonyl (C=O) groups is 3. The van der Waals surface area contributed by atoms with Crippen molar-refractivity contribution >= 4 is 18.0 Å². The third-order valence-corrected chi connectivity index (χ3v) is 7.31. The predicted octanol–water partition coefficient (Wildman–Crippen LogP) is 3.48. The number of alkyl carbamates (subject to hydrolysis) is 1. The molecule has 5 rings (SSSR count). The number of likely N-dealkylation sites (tertiary alicyclic amines) is 1. The molecule has 2 aliphatic carbocycles. The summed E-state index contributed by atoms with van der Waals surface area (Å²) in [5.41, 5.74) is 4.71. The molecule has 3 atom stereocenters. The molecule has 2 aromatic rings. The number of hydrogen-bond donors (Lipinski definition) is 2. The van der Waals surface area contributed by atoms with Crippen LogP contribution < -0.4 is 5.32 Å². The molecule has 0 bridgehead atoms. The zero-order valence-corrected chi connectivity index (χ0v) is 18.4. The van der Waals surface area contributed by atoms with Crippen LogP contribution in [0.5, 0.6) is 0 Å². The molecule has 0 aromatic heterocycles. The van der Waals surface area contributed by atoms with Gasteiger partial charge in [0.1, 0.15) is 6.61 Å². The summed E-state index contributed by atoms with van der Waals surface area (Å²) in [6, 6.07) is 16.4. The number of nitrogens with one attached hydrogen (secondary N) is 1. The highest BCUT2D eigenvalue weighted by Gasteiger charge is 2.57. The molecule has 7 nitrogen and oxygen atoms in total. The van der Waals surface area contributed by atoms with Gasteiger partial charge in [-0.05, 0) is 46.9 Å². The highest BCUT2D eigenvalue weighted by atomic mass is 16.5. The summed E-state index contributed by atoms with van der Waals surface area (Å²) in [5, 5.41) is 11.9. The van der Waals surface area contributed by atoms with E-state index in [4.69, 9.17) is 4.74 Å². The Balaban J connectivity index is 1.05. The van der Waals surface area contributed by atoms with Crippen LogP contribution >= 0.6 is 0 Å². The van der Waals surface area contributed by atoms with Gasteiger partial charge < -0.3 is 20.1 Å². The largest absolute Gasteiger partial charge is 0.481 e. The van der Waals surface area contributed by atoms with Crippen LogP contribution in [0.25, 0.3) is 11.1 Å². The first-order valence-electron chi connectivity index (χ1n) is 11.6. The number of amides is 2. The molecule has 1 aliphatic heterocycles. The summed E-state index contributed by atoms with van der Waals surface area (Å²) in [7, 11) is 0. The van der Waals surface area contributed by atoms with Gasteiger partial charge in [-0.2, -0.15) is 0 Å². The average molecular weight is 449 g/mol. The topological polar surface area (TPSA) is 95.9 Å². The normalized spacial score (nSPS) is 22.7. The van der Waals surface area contributed by atoms with Gasteiger partial charge in [0, 0.05) is 32.0 Å². The standard InChI is InChI=1S/C26H28N2O5/c29-23(28-13-11-20-21(14-28)24(20)25(30)31)10-5-12-27-26(32)33-15-22-18-8-3-1-6-16(18)17-7-2-4-9-19(17)22/h1-4,6-9,20-22,24H,5,10-15H2,(H,27,32)(H,30,31). The molecular formula is C26H28N2O5. The fourth-order valence-electron chi connectivity index (χ4n) is 5.57. The number of aliphatic carboxylic acids is 1. The van der Waals surface area contributed by atoms with Gasteiger partial charge in [-0.1, -0.05) is 48.5 Å². The number of carboxylic acid groups (broad SMARTS) is 1. The molecule has 3 aliphatic rings. The maximum Gasteiger partial charge on any atom is 0.407 e. The summed E-state index contributed by atoms with van der Waals surface area (Å²) in [6.07, 6.45) is 1.15. The number of hydrogen-bond acceptors (Lipinski definition) is 4. The van der Waals surface area contributed by atoms with E-state index in [0.717, 1.165) is 6.42 Å². The number of nitrogens with zero attached hydrogens (tertiary/aromatic N) is 1. The molecule has 1 heterocycles. The Bertz CT molecular complexity index is 1040. The van der Waals surface area contributed by atoms with Gasteiger partial charge in [-0.25, -0.2) is 4.79 Å². The molecule has 2 N–H and O–H groups in total. The first-order valence-corrected chi connectivity index (χ1v) is 11.6. The monoisotopic (exact) mass is 448 g/mol. The van der Waals surface area contributed by atoms with E-state index in [0.29, 0.717) is 32.5 Å². The van der Waals surface area contributed by atoms with Crippen molar-refractivity contribution in [1.29, 1.82) is 0 Å². The lowest BCUT2D eigenvalue weighted by Crippen LogP contribution is -2.37. The van der Waals surface area contributed by atoms with Gasteiger partial charge in [0.15, 0.2) is 0 Å². The van der Waals surface area contributed by atoms with E-state index in [9.17, 15) is 19.5 Å². The van der Waals surface area contributed by atoms with Crippen LogP contribution in [0.15, 0.2) is 48.5 Å². The van der Waals surface area contributed by atoms with Crippen molar-refractivity contribution in [1.82, 2.24) is 10.2 Å². The smallest absolute Gasteiger partial charge is 0.407 e. The molecule has 172 valence electrons. The van der Waals surface area contributed by atoms with Crippen LogP contribution in [-0.2, 0) is 14.3 Å². The van der Waals surface area contributed by atoms with Crippen molar-refractivity contribution < 1.29 is 24.2 Å². The molecule has 33 heavy (non-hydrogen) atoms. The van der Waals surface area contributed by atoms with Crippen molar-refractivity contribution in [3.05, 3.63) is 59.7 Å². The molecule has 2 fully saturated rings. The zero-order chi connectivity index (χ0) is 22.9. The van der Waals surface area contributed by atoms with E-state index in [1.54, 1.807) is 4.90 Å². The van der Waals surface area contributed by atoms with Gasteiger partial charge in [0.2, 0.25) is 5.91 Å². The van der Waals surface area contributed by atoms with Crippen molar-refractivity contribution in [2.24, 2.45) is 17.8 Å². The highest BCUT2D eigenvalue weighted by molar-refractivity contribution is 5.79. The van der Waals surface area contributed by atoms with Crippen LogP contribution in [0.1, 0.15) is 36.3 Å². The summed E-state index contributed by atoms with van der Waals surface area (Å²) in [6.45, 7) is 1.80. The lowest BCUT2D eigenvalue weighted by Gasteiger charge is -2.26. The number of benzene rings is 2. The van der Waals surface area contributed by atoms with Crippen LogP contribution in [0.2, 0.25) is 0 Å². The van der Waals surface area contributed by atoms with Crippen molar-refractivity contribution in [2.75, 3.05) is 26.2 Å². The molecule has 2 aromatic carbocycles. The van der Waals surface area contributed by atoms with Gasteiger partial charge in [-0.15, -0.1) is 0 Å². The minimum atomic E-state index is -0.744. The van der Waals surface area contributed by atoms with Gasteiger partial charge in [-0.3, -0.25) is 9.59 Å². The van der Waals surface area contributed by atoms with Crippen molar-refractivity contribution in [2.45, 2.75) is 25.2 Å². The molecule has 1 saturated carbocycles. The molecule has 2 amide bonds. The second kappa shape index (κ2) is 8.89. The molecule has 3 unspecified atom stereocenters. The van der Waals surface area contributed by atoms with Crippen LogP contribution in [0.3, 0.4) is 0 Å². The lowest BCUT2D eigenvalue weighted by molar-refractivity contribution is -0.139. The van der Waals surface area contributed by atoms with Crippen LogP contribution in [0.4, 0.5) is 4.79 Å². The number of carboxylic acids is 1. The number of carbonyl (C=O) groups excluding carboxylic acids is 2. The maximum absolute atomic E-state index is 12.5. The minimum Gasteiger partial charge on any atom is -0.481 e. The van der Waals surface area contributed by atoms with E-state index in [2.05, 4.69) is 29.6 Å². The van der Waals surface area contributed by atoms with E-state index in [1.807, 2.05) is 24.3 Å². The fourth-order valence-corrected chi connectivity index (χ4v) is 5.57. The number of rotatable bonds is 7. The lowest BCUT2D eigenvalue weighted by atomic mass is 9.98. The summed E-state index contributed by atoms with van der Waals surface area (Å²) >= 11 is 0. The second-order valence-corrected chi connectivity index (χ2v) is 9.18. The predicted molar refractivity (Wildman–Crippen MR) is 122 cm³/mol. The van der Waals surface area contributed by atoms with E-state index < -0.39 is 12.1 Å². The fraction of sp³-hybridized carbons (Fsp3) is 0.423. The Morgan fingerprint density at radius 1 is 1.00 bits per heavy atom. The molecule has 0 spiro atoms. The maximum atomic E-state index is 12.5. The number of ether oxygens (including phenoxy) is 1. The minimum absolute atomic E-state index is 0.0182. The Morgan fingerprint density at radius 2 is 1.67 bits per heavy atom. The Labute approximate surface area is 192 Å². The second-order valence-electron chi connectivity index (χ2n) is 9.18. The first kappa shape index (κ1) is 21.5. The van der Waals surface area contributed by atoms with E-state index >= 15 is 0 Å². The van der Waals surface area contributed by atoms with Gasteiger partial charge in [0.25, 0.3) is 0 Å². The third kappa shape index (κ3) is 4.19. The zero-order valence-electron chi connectivity index (χ0n) is 18.4. The average Bonchev–Trinajstić information content (AvgIpc) is 3.48. The highest BCUT2D eigenvalue weighted by Crippen LogP contribution is 2.51. The van der Waals surface area contributed by atoms with Crippen molar-refractivity contribution in [3.8, 4) is 11.1 Å². The van der Waals surface area contributed by atoms with Crippen LogP contribution in [0, 0.1) is 17.8 Å². The number of fused-ring (bicyclic) bond motifs is 4. The molecule has 0 radical (unpaired) electrons. The summed E-state index contributed by atoms with van der Waals surface area (Å²) in [4.78, 5) is 37.6. The third-order valence-electron chi connectivity index (χ3n) is 7.31. The van der Waals surface area contributed by atoms with Gasteiger partial charge in [0.05, 0.1) is 5.92 Å². The Morgan fingerprint density at radius 3 is 2.33 bits per heavy atom. The van der Waals surface area contributed by atoms with Crippen molar-refractivity contribution in [3.63, 3.8) is 0 Å². The molecule has 1 saturated heterocycles. The quantitative estimate of drug-likeness (QED) is 0.632. The first-order chi connectivity index (χ1) is 16.0. The molecule has 7 heteroatoms. The SMILES string of the molecule is O=C(NCCCC(=O)N1CCC2C(C1)C2C(=O)O)OCC1c2ccccc2-c2ccccc21. The van der Waals surface area contributed by atoms with E-state index in [1.165, 1.54) is 22.3 Å². The Hall–Kier alpha value is -3.35.